The Labute approximate surface area is 84.5 Å². The SMILES string of the molecule is CC.CC(C)N(C)C1CCCCC1. The Bertz CT molecular complexity index is 104. The Morgan fingerprint density at radius 3 is 1.85 bits per heavy atom. The van der Waals surface area contributed by atoms with Crippen molar-refractivity contribution in [3.8, 4) is 0 Å². The Morgan fingerprint density at radius 2 is 1.46 bits per heavy atom. The summed E-state index contributed by atoms with van der Waals surface area (Å²) in [5.41, 5.74) is 0. The third-order valence-electron chi connectivity index (χ3n) is 2.97. The lowest BCUT2D eigenvalue weighted by atomic mass is 9.94. The summed E-state index contributed by atoms with van der Waals surface area (Å²) in [5.74, 6) is 0. The molecule has 1 saturated carbocycles. The molecule has 1 heteroatoms. The molecule has 13 heavy (non-hydrogen) atoms. The average molecular weight is 185 g/mol. The van der Waals surface area contributed by atoms with Crippen LogP contribution in [0.15, 0.2) is 0 Å². The van der Waals surface area contributed by atoms with Crippen LogP contribution in [0.5, 0.6) is 0 Å². The summed E-state index contributed by atoms with van der Waals surface area (Å²) in [6.07, 6.45) is 7.20. The predicted octanol–water partition coefficient (Wildman–Crippen LogP) is 3.69. The first-order valence-electron chi connectivity index (χ1n) is 5.93. The molecule has 1 nitrogen and oxygen atoms in total. The van der Waals surface area contributed by atoms with Gasteiger partial charge in [-0.3, -0.25) is 0 Å². The third kappa shape index (κ3) is 4.66. The van der Waals surface area contributed by atoms with E-state index in [1.165, 1.54) is 32.1 Å². The number of hydrogen-bond acceptors (Lipinski definition) is 1. The van der Waals surface area contributed by atoms with Crippen molar-refractivity contribution in [3.63, 3.8) is 0 Å². The molecule has 0 atom stereocenters. The molecule has 0 aromatic rings. The van der Waals surface area contributed by atoms with Gasteiger partial charge in [-0.15, -0.1) is 0 Å². The number of hydrogen-bond donors (Lipinski definition) is 0. The van der Waals surface area contributed by atoms with Gasteiger partial charge in [-0.2, -0.15) is 0 Å². The summed E-state index contributed by atoms with van der Waals surface area (Å²) in [7, 11) is 2.26. The maximum atomic E-state index is 2.53. The lowest BCUT2D eigenvalue weighted by Gasteiger charge is -2.33. The zero-order valence-corrected chi connectivity index (χ0v) is 10.1. The highest BCUT2D eigenvalue weighted by Crippen LogP contribution is 2.22. The van der Waals surface area contributed by atoms with Crippen LogP contribution in [0.25, 0.3) is 0 Å². The van der Waals surface area contributed by atoms with Crippen LogP contribution in [0, 0.1) is 0 Å². The van der Waals surface area contributed by atoms with E-state index in [2.05, 4.69) is 25.8 Å². The van der Waals surface area contributed by atoms with E-state index in [1.807, 2.05) is 13.8 Å². The number of nitrogens with zero attached hydrogens (tertiary/aromatic N) is 1. The van der Waals surface area contributed by atoms with Gasteiger partial charge in [-0.05, 0) is 33.7 Å². The van der Waals surface area contributed by atoms with E-state index < -0.39 is 0 Å². The third-order valence-corrected chi connectivity index (χ3v) is 2.97. The summed E-state index contributed by atoms with van der Waals surface area (Å²) in [6.45, 7) is 8.57. The van der Waals surface area contributed by atoms with Gasteiger partial charge in [0.25, 0.3) is 0 Å². The fourth-order valence-corrected chi connectivity index (χ4v) is 1.91. The van der Waals surface area contributed by atoms with Gasteiger partial charge in [0, 0.05) is 12.1 Å². The quantitative estimate of drug-likeness (QED) is 0.634. The molecule has 0 heterocycles. The molecule has 80 valence electrons. The highest BCUT2D eigenvalue weighted by atomic mass is 15.1. The average Bonchev–Trinajstić information content (AvgIpc) is 2.21. The fourth-order valence-electron chi connectivity index (χ4n) is 1.91. The van der Waals surface area contributed by atoms with E-state index >= 15 is 0 Å². The van der Waals surface area contributed by atoms with E-state index in [0.29, 0.717) is 0 Å². The van der Waals surface area contributed by atoms with Crippen molar-refractivity contribution in [1.82, 2.24) is 4.90 Å². The highest BCUT2D eigenvalue weighted by Gasteiger charge is 2.19. The molecule has 0 radical (unpaired) electrons. The van der Waals surface area contributed by atoms with Gasteiger partial charge in [0.15, 0.2) is 0 Å². The molecular weight excluding hydrogens is 158 g/mol. The van der Waals surface area contributed by atoms with Crippen molar-refractivity contribution >= 4 is 0 Å². The van der Waals surface area contributed by atoms with Crippen LogP contribution in [0.4, 0.5) is 0 Å². The second-order valence-corrected chi connectivity index (χ2v) is 4.05. The van der Waals surface area contributed by atoms with Crippen LogP contribution in [0.2, 0.25) is 0 Å². The van der Waals surface area contributed by atoms with Gasteiger partial charge in [-0.25, -0.2) is 0 Å². The molecule has 0 unspecified atom stereocenters. The molecule has 1 rings (SSSR count). The van der Waals surface area contributed by atoms with Crippen molar-refractivity contribution in [2.75, 3.05) is 7.05 Å². The summed E-state index contributed by atoms with van der Waals surface area (Å²) in [6, 6.07) is 1.60. The normalized spacial score (nSPS) is 18.7. The van der Waals surface area contributed by atoms with Crippen molar-refractivity contribution in [3.05, 3.63) is 0 Å². The van der Waals surface area contributed by atoms with E-state index in [0.717, 1.165) is 12.1 Å². The highest BCUT2D eigenvalue weighted by molar-refractivity contribution is 4.75. The molecule has 0 aliphatic heterocycles. The second-order valence-electron chi connectivity index (χ2n) is 4.05. The fraction of sp³-hybridized carbons (Fsp3) is 1.00. The van der Waals surface area contributed by atoms with Gasteiger partial charge >= 0.3 is 0 Å². The molecule has 0 aromatic carbocycles. The van der Waals surface area contributed by atoms with Crippen molar-refractivity contribution in [2.24, 2.45) is 0 Å². The zero-order chi connectivity index (χ0) is 10.3. The second kappa shape index (κ2) is 7.37. The summed E-state index contributed by atoms with van der Waals surface area (Å²) in [4.78, 5) is 2.53. The van der Waals surface area contributed by atoms with Crippen LogP contribution in [0.3, 0.4) is 0 Å². The molecule has 0 spiro atoms. The van der Waals surface area contributed by atoms with Crippen LogP contribution in [-0.2, 0) is 0 Å². The lowest BCUT2D eigenvalue weighted by Crippen LogP contribution is -2.38. The van der Waals surface area contributed by atoms with Gasteiger partial charge in [0.2, 0.25) is 0 Å². The van der Waals surface area contributed by atoms with Gasteiger partial charge in [-0.1, -0.05) is 33.1 Å². The van der Waals surface area contributed by atoms with Crippen LogP contribution in [-0.4, -0.2) is 24.0 Å². The molecule has 1 aliphatic carbocycles. The summed E-state index contributed by atoms with van der Waals surface area (Å²) >= 11 is 0. The standard InChI is InChI=1S/C10H21N.C2H6/c1-9(2)11(3)10-7-5-4-6-8-10;1-2/h9-10H,4-8H2,1-3H3;1-2H3. The molecule has 0 aromatic heterocycles. The van der Waals surface area contributed by atoms with Gasteiger partial charge in [0.1, 0.15) is 0 Å². The molecule has 0 saturated heterocycles. The molecular formula is C12H27N. The molecule has 0 bridgehead atoms. The summed E-state index contributed by atoms with van der Waals surface area (Å²) in [5, 5.41) is 0. The Morgan fingerprint density at radius 1 is 1.00 bits per heavy atom. The maximum absolute atomic E-state index is 2.53. The van der Waals surface area contributed by atoms with Crippen LogP contribution >= 0.6 is 0 Å². The Hall–Kier alpha value is -0.0400. The van der Waals surface area contributed by atoms with Crippen LogP contribution in [0.1, 0.15) is 59.8 Å². The van der Waals surface area contributed by atoms with E-state index in [1.54, 1.807) is 0 Å². The minimum absolute atomic E-state index is 0.720. The smallest absolute Gasteiger partial charge is 0.00949 e. The van der Waals surface area contributed by atoms with E-state index in [9.17, 15) is 0 Å². The van der Waals surface area contributed by atoms with E-state index in [4.69, 9.17) is 0 Å². The van der Waals surface area contributed by atoms with Crippen molar-refractivity contribution < 1.29 is 0 Å². The van der Waals surface area contributed by atoms with E-state index in [-0.39, 0.29) is 0 Å². The molecule has 1 fully saturated rings. The number of rotatable bonds is 2. The molecule has 0 amide bonds. The summed E-state index contributed by atoms with van der Waals surface area (Å²) < 4.78 is 0. The van der Waals surface area contributed by atoms with Crippen molar-refractivity contribution in [2.45, 2.75) is 71.9 Å². The first-order chi connectivity index (χ1) is 6.22. The van der Waals surface area contributed by atoms with Gasteiger partial charge in [0.05, 0.1) is 0 Å². The first kappa shape index (κ1) is 13.0. The van der Waals surface area contributed by atoms with Crippen molar-refractivity contribution in [1.29, 1.82) is 0 Å². The molecule has 1 aliphatic rings. The van der Waals surface area contributed by atoms with Crippen LogP contribution < -0.4 is 0 Å². The zero-order valence-electron chi connectivity index (χ0n) is 10.1. The topological polar surface area (TPSA) is 3.24 Å². The minimum Gasteiger partial charge on any atom is -0.301 e. The first-order valence-corrected chi connectivity index (χ1v) is 5.93. The van der Waals surface area contributed by atoms with Gasteiger partial charge < -0.3 is 4.90 Å². The largest absolute Gasteiger partial charge is 0.301 e. The lowest BCUT2D eigenvalue weighted by molar-refractivity contribution is 0.155. The minimum atomic E-state index is 0.720. The Balaban J connectivity index is 0.000000671. The Kier molecular flexibility index (Phi) is 7.35. The maximum Gasteiger partial charge on any atom is 0.00949 e. The molecule has 0 N–H and O–H groups in total. The monoisotopic (exact) mass is 185 g/mol. The predicted molar refractivity (Wildman–Crippen MR) is 61.1 cm³/mol.